The van der Waals surface area contributed by atoms with E-state index in [1.165, 1.54) is 11.3 Å². The van der Waals surface area contributed by atoms with Crippen molar-refractivity contribution in [1.82, 2.24) is 4.90 Å². The molecule has 0 spiro atoms. The maximum absolute atomic E-state index is 5.93. The van der Waals surface area contributed by atoms with Gasteiger partial charge in [-0.15, -0.1) is 0 Å². The molecule has 2 nitrogen and oxygen atoms in total. The minimum atomic E-state index is 0.167. The maximum Gasteiger partial charge on any atom is 0.0987 e. The van der Waals surface area contributed by atoms with Crippen LogP contribution in [-0.4, -0.2) is 30.7 Å². The summed E-state index contributed by atoms with van der Waals surface area (Å²) >= 11 is 0. The van der Waals surface area contributed by atoms with E-state index < -0.39 is 0 Å². The van der Waals surface area contributed by atoms with Crippen LogP contribution in [0.5, 0.6) is 0 Å². The fourth-order valence-corrected chi connectivity index (χ4v) is 2.49. The molecule has 0 fully saturated rings. The van der Waals surface area contributed by atoms with Crippen LogP contribution in [0.2, 0.25) is 0 Å². The number of allylic oxidation sites excluding steroid dienone is 3. The summed E-state index contributed by atoms with van der Waals surface area (Å²) in [5, 5.41) is 0. The first-order valence-corrected chi connectivity index (χ1v) is 7.70. The lowest BCUT2D eigenvalue weighted by molar-refractivity contribution is 0.105. The van der Waals surface area contributed by atoms with Gasteiger partial charge in [0.2, 0.25) is 0 Å². The van der Waals surface area contributed by atoms with E-state index in [2.05, 4.69) is 50.0 Å². The summed E-state index contributed by atoms with van der Waals surface area (Å²) in [7, 11) is 0. The first-order chi connectivity index (χ1) is 9.26. The predicted molar refractivity (Wildman–Crippen MR) is 83.1 cm³/mol. The van der Waals surface area contributed by atoms with Crippen molar-refractivity contribution < 1.29 is 4.74 Å². The predicted octanol–water partition coefficient (Wildman–Crippen LogP) is 4.16. The van der Waals surface area contributed by atoms with Gasteiger partial charge in [0.15, 0.2) is 0 Å². The molecule has 19 heavy (non-hydrogen) atoms. The molecular weight excluding hydrogens is 234 g/mol. The van der Waals surface area contributed by atoms with E-state index in [1.54, 1.807) is 0 Å². The zero-order chi connectivity index (χ0) is 14.3. The molecule has 0 aromatic carbocycles. The van der Waals surface area contributed by atoms with E-state index in [-0.39, 0.29) is 6.10 Å². The summed E-state index contributed by atoms with van der Waals surface area (Å²) in [5.41, 5.74) is 2.70. The quantitative estimate of drug-likeness (QED) is 0.694. The van der Waals surface area contributed by atoms with Crippen LogP contribution in [0.4, 0.5) is 0 Å². The average molecular weight is 263 g/mol. The van der Waals surface area contributed by atoms with Crippen molar-refractivity contribution in [2.24, 2.45) is 5.92 Å². The molecule has 1 aliphatic carbocycles. The molecule has 1 aliphatic heterocycles. The van der Waals surface area contributed by atoms with Crippen molar-refractivity contribution >= 4 is 0 Å². The molecule has 1 heterocycles. The second kappa shape index (κ2) is 8.21. The molecule has 0 aromatic rings. The number of hydrogen-bond acceptors (Lipinski definition) is 2. The molecule has 2 aliphatic rings. The Kier molecular flexibility index (Phi) is 6.93. The number of likely N-dealkylation sites (N-methyl/N-ethyl adjacent to an activating group) is 1. The average Bonchev–Trinajstić information content (AvgIpc) is 2.62. The van der Waals surface area contributed by atoms with E-state index in [4.69, 9.17) is 4.74 Å². The van der Waals surface area contributed by atoms with Crippen molar-refractivity contribution in [2.75, 3.05) is 19.7 Å². The van der Waals surface area contributed by atoms with E-state index in [0.717, 1.165) is 26.1 Å². The van der Waals surface area contributed by atoms with Gasteiger partial charge in [-0.25, -0.2) is 0 Å². The second-order valence-electron chi connectivity index (χ2n) is 4.76. The van der Waals surface area contributed by atoms with Gasteiger partial charge in [0.1, 0.15) is 0 Å². The molecule has 0 radical (unpaired) electrons. The van der Waals surface area contributed by atoms with E-state index >= 15 is 0 Å². The number of rotatable bonds is 2. The van der Waals surface area contributed by atoms with Crippen molar-refractivity contribution in [1.29, 1.82) is 0 Å². The highest BCUT2D eigenvalue weighted by Crippen LogP contribution is 2.25. The van der Waals surface area contributed by atoms with Crippen LogP contribution in [0, 0.1) is 5.92 Å². The number of ether oxygens (including phenoxy) is 1. The van der Waals surface area contributed by atoms with Gasteiger partial charge >= 0.3 is 0 Å². The van der Waals surface area contributed by atoms with Gasteiger partial charge in [-0.2, -0.15) is 0 Å². The van der Waals surface area contributed by atoms with Gasteiger partial charge in [-0.1, -0.05) is 39.0 Å². The van der Waals surface area contributed by atoms with Crippen LogP contribution in [0.15, 0.2) is 35.6 Å². The highest BCUT2D eigenvalue weighted by molar-refractivity contribution is 5.32. The monoisotopic (exact) mass is 263 g/mol. The third-order valence-electron chi connectivity index (χ3n) is 3.72. The molecule has 108 valence electrons. The fraction of sp³-hybridized carbons (Fsp3) is 0.647. The molecular formula is C17H29NO. The molecule has 2 bridgehead atoms. The summed E-state index contributed by atoms with van der Waals surface area (Å²) in [6.07, 6.45) is 10.4. The zero-order valence-corrected chi connectivity index (χ0v) is 13.1. The Balaban J connectivity index is 0.000000861. The topological polar surface area (TPSA) is 12.5 Å². The van der Waals surface area contributed by atoms with Gasteiger partial charge in [0.25, 0.3) is 0 Å². The van der Waals surface area contributed by atoms with Crippen LogP contribution in [0.1, 0.15) is 41.0 Å². The van der Waals surface area contributed by atoms with Crippen LogP contribution in [-0.2, 0) is 4.74 Å². The Morgan fingerprint density at radius 3 is 2.58 bits per heavy atom. The first kappa shape index (κ1) is 16.0. The molecule has 0 amide bonds. The summed E-state index contributed by atoms with van der Waals surface area (Å²) < 4.78 is 5.93. The molecule has 0 aromatic heterocycles. The van der Waals surface area contributed by atoms with Crippen molar-refractivity contribution in [2.45, 2.75) is 47.1 Å². The third-order valence-corrected chi connectivity index (χ3v) is 3.72. The third kappa shape index (κ3) is 3.97. The Labute approximate surface area is 118 Å². The smallest absolute Gasteiger partial charge is 0.0987 e. The lowest BCUT2D eigenvalue weighted by atomic mass is 9.98. The van der Waals surface area contributed by atoms with Crippen LogP contribution >= 0.6 is 0 Å². The van der Waals surface area contributed by atoms with Gasteiger partial charge in [0, 0.05) is 18.8 Å². The minimum absolute atomic E-state index is 0.167. The lowest BCUT2D eigenvalue weighted by Crippen LogP contribution is -2.24. The van der Waals surface area contributed by atoms with E-state index in [9.17, 15) is 0 Å². The molecule has 2 heteroatoms. The Hall–Kier alpha value is -1.02. The molecule has 0 saturated carbocycles. The SMILES string of the molecule is CC.CCC1/C=C\C2=C(C)C(/C=C\1)OCCN2CC. The summed E-state index contributed by atoms with van der Waals surface area (Å²) in [4.78, 5) is 2.41. The normalized spacial score (nSPS) is 29.6. The number of nitrogens with zero attached hydrogens (tertiary/aromatic N) is 1. The largest absolute Gasteiger partial charge is 0.369 e. The Morgan fingerprint density at radius 1 is 1.21 bits per heavy atom. The highest BCUT2D eigenvalue weighted by Gasteiger charge is 2.21. The molecule has 2 atom stereocenters. The molecule has 0 N–H and O–H groups in total. The minimum Gasteiger partial charge on any atom is -0.369 e. The van der Waals surface area contributed by atoms with Gasteiger partial charge in [-0.3, -0.25) is 0 Å². The van der Waals surface area contributed by atoms with E-state index in [0.29, 0.717) is 5.92 Å². The van der Waals surface area contributed by atoms with Crippen molar-refractivity contribution in [3.05, 3.63) is 35.6 Å². The van der Waals surface area contributed by atoms with Crippen molar-refractivity contribution in [3.8, 4) is 0 Å². The van der Waals surface area contributed by atoms with E-state index in [1.807, 2.05) is 13.8 Å². The lowest BCUT2D eigenvalue weighted by Gasteiger charge is -2.24. The van der Waals surface area contributed by atoms with Crippen LogP contribution in [0.25, 0.3) is 0 Å². The Morgan fingerprint density at radius 2 is 1.95 bits per heavy atom. The number of hydrogen-bond donors (Lipinski definition) is 0. The van der Waals surface area contributed by atoms with Crippen molar-refractivity contribution in [3.63, 3.8) is 0 Å². The Bertz CT molecular complexity index is 354. The molecule has 2 rings (SSSR count). The van der Waals surface area contributed by atoms with Gasteiger partial charge < -0.3 is 9.64 Å². The standard InChI is InChI=1S/C15H23NO.C2H6/c1-4-13-6-8-14-12(3)15(9-7-13)17-11-10-16(14)5-2;1-2/h6-9,13,15H,4-5,10-11H2,1-3H3;1-2H3/b8-6-,9-7-;. The molecule has 2 unspecified atom stereocenters. The molecule has 0 saturated heterocycles. The maximum atomic E-state index is 5.93. The zero-order valence-electron chi connectivity index (χ0n) is 13.1. The fourth-order valence-electron chi connectivity index (χ4n) is 2.49. The van der Waals surface area contributed by atoms with Crippen LogP contribution < -0.4 is 0 Å². The number of fused-ring (bicyclic) bond motifs is 1. The summed E-state index contributed by atoms with van der Waals surface area (Å²) in [6, 6.07) is 0. The highest BCUT2D eigenvalue weighted by atomic mass is 16.5. The summed E-state index contributed by atoms with van der Waals surface area (Å²) in [6.45, 7) is 13.5. The first-order valence-electron chi connectivity index (χ1n) is 7.70. The van der Waals surface area contributed by atoms with Crippen LogP contribution in [0.3, 0.4) is 0 Å². The summed E-state index contributed by atoms with van der Waals surface area (Å²) in [5.74, 6) is 0.543. The van der Waals surface area contributed by atoms with Gasteiger partial charge in [0.05, 0.1) is 12.7 Å². The second-order valence-corrected chi connectivity index (χ2v) is 4.76. The van der Waals surface area contributed by atoms with Gasteiger partial charge in [-0.05, 0) is 37.8 Å².